The Morgan fingerprint density at radius 1 is 1.17 bits per heavy atom. The zero-order valence-corrected chi connectivity index (χ0v) is 11.3. The van der Waals surface area contributed by atoms with Crippen molar-refractivity contribution in [2.75, 3.05) is 0 Å². The molecule has 0 aliphatic heterocycles. The van der Waals surface area contributed by atoms with Gasteiger partial charge < -0.3 is 0 Å². The van der Waals surface area contributed by atoms with Crippen LogP contribution < -0.4 is 0 Å². The second-order valence-electron chi connectivity index (χ2n) is 4.86. The quantitative estimate of drug-likeness (QED) is 0.633. The normalized spacial score (nSPS) is 22.0. The summed E-state index contributed by atoms with van der Waals surface area (Å²) in [5, 5.41) is 0.769. The van der Waals surface area contributed by atoms with Gasteiger partial charge in [0.25, 0.3) is 0 Å². The minimum Gasteiger partial charge on any atom is -0.103 e. The van der Waals surface area contributed by atoms with Crippen LogP contribution in [0.2, 0.25) is 5.02 Å². The Balaban J connectivity index is 2.16. The average molecular weight is 257 g/mol. The summed E-state index contributed by atoms with van der Waals surface area (Å²) in [4.78, 5) is 0. The third-order valence-corrected chi connectivity index (χ3v) is 3.35. The van der Waals surface area contributed by atoms with E-state index in [2.05, 4.69) is 43.9 Å². The van der Waals surface area contributed by atoms with Crippen LogP contribution in [0.3, 0.4) is 0 Å². The summed E-state index contributed by atoms with van der Waals surface area (Å²) in [6, 6.07) is 7.86. The summed E-state index contributed by atoms with van der Waals surface area (Å²) in [6.45, 7) is 6.01. The van der Waals surface area contributed by atoms with Crippen LogP contribution in [0.15, 0.2) is 66.8 Å². The molecule has 1 aromatic rings. The van der Waals surface area contributed by atoms with Crippen LogP contribution in [-0.2, 0) is 0 Å². The number of halogens is 1. The highest BCUT2D eigenvalue weighted by atomic mass is 35.5. The molecule has 1 heteroatoms. The molecule has 0 spiro atoms. The van der Waals surface area contributed by atoms with E-state index in [0.717, 1.165) is 17.0 Å². The fourth-order valence-corrected chi connectivity index (χ4v) is 2.11. The minimum atomic E-state index is 0.110. The summed E-state index contributed by atoms with van der Waals surface area (Å²) < 4.78 is 0. The first-order valence-electron chi connectivity index (χ1n) is 6.08. The van der Waals surface area contributed by atoms with Crippen molar-refractivity contribution in [2.24, 2.45) is 5.41 Å². The Morgan fingerprint density at radius 2 is 1.78 bits per heavy atom. The maximum Gasteiger partial charge on any atom is 0.0406 e. The Hall–Kier alpha value is -1.53. The van der Waals surface area contributed by atoms with Crippen molar-refractivity contribution in [3.8, 4) is 0 Å². The first-order valence-corrected chi connectivity index (χ1v) is 6.46. The molecule has 0 bridgehead atoms. The van der Waals surface area contributed by atoms with Gasteiger partial charge in [0.1, 0.15) is 0 Å². The van der Waals surface area contributed by atoms with Crippen LogP contribution in [0.5, 0.6) is 0 Å². The highest BCUT2D eigenvalue weighted by molar-refractivity contribution is 6.30. The largest absolute Gasteiger partial charge is 0.103 e. The van der Waals surface area contributed by atoms with Gasteiger partial charge in [-0.05, 0) is 35.8 Å². The first kappa shape index (κ1) is 12.9. The van der Waals surface area contributed by atoms with Gasteiger partial charge in [-0.2, -0.15) is 0 Å². The molecule has 1 aliphatic rings. The van der Waals surface area contributed by atoms with Gasteiger partial charge in [0.15, 0.2) is 0 Å². The third-order valence-electron chi connectivity index (χ3n) is 3.10. The third kappa shape index (κ3) is 3.24. The second-order valence-corrected chi connectivity index (χ2v) is 5.30. The van der Waals surface area contributed by atoms with Crippen LogP contribution in [0.1, 0.15) is 18.9 Å². The van der Waals surface area contributed by atoms with E-state index in [4.69, 9.17) is 11.6 Å². The Labute approximate surface area is 114 Å². The van der Waals surface area contributed by atoms with Gasteiger partial charge >= 0.3 is 0 Å². The summed E-state index contributed by atoms with van der Waals surface area (Å²) >= 11 is 5.87. The monoisotopic (exact) mass is 256 g/mol. The van der Waals surface area contributed by atoms with Crippen LogP contribution >= 0.6 is 11.6 Å². The van der Waals surface area contributed by atoms with E-state index in [1.807, 2.05) is 30.3 Å². The number of benzene rings is 1. The zero-order valence-electron chi connectivity index (χ0n) is 10.6. The molecular formula is C17H17Cl. The molecule has 0 saturated heterocycles. The van der Waals surface area contributed by atoms with Crippen molar-refractivity contribution in [2.45, 2.75) is 13.3 Å². The molecule has 2 rings (SSSR count). The van der Waals surface area contributed by atoms with Gasteiger partial charge in [0.05, 0.1) is 0 Å². The molecule has 0 amide bonds. The van der Waals surface area contributed by atoms with Gasteiger partial charge in [0.2, 0.25) is 0 Å². The first-order chi connectivity index (χ1) is 8.61. The van der Waals surface area contributed by atoms with E-state index < -0.39 is 0 Å². The van der Waals surface area contributed by atoms with Crippen LogP contribution in [-0.4, -0.2) is 0 Å². The molecule has 0 radical (unpaired) electrons. The molecule has 0 nitrogen and oxygen atoms in total. The Bertz CT molecular complexity index is 499. The highest BCUT2D eigenvalue weighted by Gasteiger charge is 2.17. The maximum atomic E-state index is 5.87. The van der Waals surface area contributed by atoms with Gasteiger partial charge in [-0.1, -0.05) is 61.0 Å². The average Bonchev–Trinajstić information content (AvgIpc) is 2.35. The van der Waals surface area contributed by atoms with Crippen molar-refractivity contribution in [1.29, 1.82) is 0 Å². The van der Waals surface area contributed by atoms with E-state index in [1.165, 1.54) is 5.57 Å². The van der Waals surface area contributed by atoms with Gasteiger partial charge in [-0.15, -0.1) is 6.58 Å². The topological polar surface area (TPSA) is 0 Å². The van der Waals surface area contributed by atoms with Crippen molar-refractivity contribution >= 4 is 17.7 Å². The minimum absolute atomic E-state index is 0.110. The number of rotatable bonds is 3. The predicted octanol–water partition coefficient (Wildman–Crippen LogP) is 5.43. The van der Waals surface area contributed by atoms with Crippen LogP contribution in [0.25, 0.3) is 6.08 Å². The Kier molecular flexibility index (Phi) is 3.88. The van der Waals surface area contributed by atoms with E-state index in [0.29, 0.717) is 0 Å². The lowest BCUT2D eigenvalue weighted by molar-refractivity contribution is 0.558. The molecule has 1 aromatic carbocycles. The standard InChI is InChI=1S/C17H17Cl/c1-3-10-17(2)11-8-15(9-12-17)13-14-4-6-16(18)7-5-14/h3-9,11-13H,1,10H2,2H3. The van der Waals surface area contributed by atoms with Crippen LogP contribution in [0.4, 0.5) is 0 Å². The van der Waals surface area contributed by atoms with E-state index in [9.17, 15) is 0 Å². The lowest BCUT2D eigenvalue weighted by atomic mass is 9.82. The SMILES string of the molecule is C=CCC1(C)C=CC(=Cc2ccc(Cl)cc2)C=C1. The van der Waals surface area contributed by atoms with Crippen molar-refractivity contribution in [3.05, 3.63) is 77.4 Å². The second kappa shape index (κ2) is 5.41. The number of hydrogen-bond acceptors (Lipinski definition) is 0. The maximum absolute atomic E-state index is 5.87. The number of hydrogen-bond donors (Lipinski definition) is 0. The number of allylic oxidation sites excluding steroid dienone is 6. The van der Waals surface area contributed by atoms with E-state index >= 15 is 0 Å². The van der Waals surface area contributed by atoms with Crippen molar-refractivity contribution < 1.29 is 0 Å². The molecule has 0 unspecified atom stereocenters. The molecule has 0 aromatic heterocycles. The molecule has 0 N–H and O–H groups in total. The van der Waals surface area contributed by atoms with Crippen LogP contribution in [0, 0.1) is 5.41 Å². The molecule has 1 aliphatic carbocycles. The summed E-state index contributed by atoms with van der Waals surface area (Å²) in [6.07, 6.45) is 13.9. The smallest absolute Gasteiger partial charge is 0.0406 e. The molecule has 0 heterocycles. The van der Waals surface area contributed by atoms with Crippen molar-refractivity contribution in [3.63, 3.8) is 0 Å². The highest BCUT2D eigenvalue weighted by Crippen LogP contribution is 2.31. The lowest BCUT2D eigenvalue weighted by Crippen LogP contribution is -2.10. The zero-order chi connectivity index (χ0) is 13.0. The van der Waals surface area contributed by atoms with E-state index in [1.54, 1.807) is 0 Å². The Morgan fingerprint density at radius 3 is 2.33 bits per heavy atom. The summed E-state index contributed by atoms with van der Waals surface area (Å²) in [7, 11) is 0. The lowest BCUT2D eigenvalue weighted by Gasteiger charge is -2.23. The van der Waals surface area contributed by atoms with Gasteiger partial charge in [-0.3, -0.25) is 0 Å². The van der Waals surface area contributed by atoms with E-state index in [-0.39, 0.29) is 5.41 Å². The molecule has 0 fully saturated rings. The van der Waals surface area contributed by atoms with Gasteiger partial charge in [-0.25, -0.2) is 0 Å². The molecule has 18 heavy (non-hydrogen) atoms. The summed E-state index contributed by atoms with van der Waals surface area (Å²) in [5.74, 6) is 0. The molecule has 92 valence electrons. The molecular weight excluding hydrogens is 240 g/mol. The molecule has 0 atom stereocenters. The predicted molar refractivity (Wildman–Crippen MR) is 80.6 cm³/mol. The summed E-state index contributed by atoms with van der Waals surface area (Å²) in [5.41, 5.74) is 2.48. The van der Waals surface area contributed by atoms with Crippen molar-refractivity contribution in [1.82, 2.24) is 0 Å². The molecule has 0 saturated carbocycles. The fourth-order valence-electron chi connectivity index (χ4n) is 1.98. The van der Waals surface area contributed by atoms with Gasteiger partial charge in [0, 0.05) is 10.4 Å². The fraction of sp³-hybridized carbons (Fsp3) is 0.176.